The summed E-state index contributed by atoms with van der Waals surface area (Å²) in [4.78, 5) is 0. The Hall–Kier alpha value is -1.69. The summed E-state index contributed by atoms with van der Waals surface area (Å²) in [5.74, 6) is 1.18. The molecule has 0 aliphatic heterocycles. The normalized spacial score (nSPS) is 21.0. The van der Waals surface area contributed by atoms with Crippen molar-refractivity contribution in [2.45, 2.75) is 64.2 Å². The average Bonchev–Trinajstić information content (AvgIpc) is 2.61. The molecule has 1 saturated carbocycles. The molecule has 1 nitrogen and oxygen atoms in total. The van der Waals surface area contributed by atoms with Gasteiger partial charge in [-0.2, -0.15) is 5.26 Å². The number of hydrogen-bond donors (Lipinski definition) is 0. The smallest absolute Gasteiger partial charge is 0.141 e. The van der Waals surface area contributed by atoms with E-state index in [2.05, 4.69) is 0 Å². The summed E-state index contributed by atoms with van der Waals surface area (Å²) < 4.78 is 25.5. The zero-order valence-electron chi connectivity index (χ0n) is 14.3. The van der Waals surface area contributed by atoms with Crippen LogP contribution in [0.4, 0.5) is 8.78 Å². The van der Waals surface area contributed by atoms with Gasteiger partial charge < -0.3 is 0 Å². The Labute approximate surface area is 144 Å². The van der Waals surface area contributed by atoms with Crippen LogP contribution in [0.5, 0.6) is 0 Å². The number of nitriles is 1. The van der Waals surface area contributed by atoms with E-state index >= 15 is 0 Å². The second kappa shape index (κ2) is 10.2. The number of benzene rings is 1. The number of halogens is 2. The van der Waals surface area contributed by atoms with Crippen molar-refractivity contribution in [1.29, 1.82) is 5.26 Å². The van der Waals surface area contributed by atoms with Crippen molar-refractivity contribution in [3.8, 4) is 6.07 Å². The third kappa shape index (κ3) is 6.07. The van der Waals surface area contributed by atoms with Crippen molar-refractivity contribution in [1.82, 2.24) is 0 Å². The lowest BCUT2D eigenvalue weighted by Gasteiger charge is -2.28. The fourth-order valence-electron chi connectivity index (χ4n) is 3.74. The summed E-state index contributed by atoms with van der Waals surface area (Å²) in [6.45, 7) is 0. The van der Waals surface area contributed by atoms with Crippen LogP contribution in [0.25, 0.3) is 0 Å². The molecular weight excluding hydrogens is 304 g/mol. The molecule has 0 radical (unpaired) electrons. The Morgan fingerprint density at radius 3 is 2.42 bits per heavy atom. The lowest BCUT2D eigenvalue weighted by Crippen LogP contribution is -2.15. The molecule has 0 bridgehead atoms. The minimum Gasteiger partial charge on any atom is -0.216 e. The maximum Gasteiger partial charge on any atom is 0.141 e. The van der Waals surface area contributed by atoms with Crippen LogP contribution < -0.4 is 0 Å². The summed E-state index contributed by atoms with van der Waals surface area (Å²) >= 11 is 0. The molecule has 130 valence electrons. The van der Waals surface area contributed by atoms with E-state index in [-0.39, 0.29) is 5.56 Å². The van der Waals surface area contributed by atoms with Crippen molar-refractivity contribution < 1.29 is 8.78 Å². The topological polar surface area (TPSA) is 23.8 Å². The highest BCUT2D eigenvalue weighted by atomic mass is 19.1. The average molecular weight is 331 g/mol. The Kier molecular flexibility index (Phi) is 7.95. The van der Waals surface area contributed by atoms with Crippen LogP contribution in [0, 0.1) is 29.0 Å². The van der Waals surface area contributed by atoms with Crippen LogP contribution in [0.3, 0.4) is 0 Å². The Morgan fingerprint density at radius 2 is 1.79 bits per heavy atom. The van der Waals surface area contributed by atoms with Crippen LogP contribution in [0.1, 0.15) is 68.9 Å². The third-order valence-electron chi connectivity index (χ3n) is 5.28. The van der Waals surface area contributed by atoms with Gasteiger partial charge in [-0.25, -0.2) is 8.78 Å². The number of aryl methyl sites for hydroxylation is 1. The van der Waals surface area contributed by atoms with Crippen molar-refractivity contribution in [2.24, 2.45) is 11.8 Å². The number of hydrogen-bond acceptors (Lipinski definition) is 1. The number of allylic oxidation sites excluding steroid dienone is 1. The Morgan fingerprint density at radius 1 is 1.08 bits per heavy atom. The fourth-order valence-corrected chi connectivity index (χ4v) is 3.74. The first-order chi connectivity index (χ1) is 11.7. The van der Waals surface area contributed by atoms with Gasteiger partial charge in [0.15, 0.2) is 0 Å². The molecule has 1 aliphatic carbocycles. The largest absolute Gasteiger partial charge is 0.216 e. The predicted octanol–water partition coefficient (Wildman–Crippen LogP) is 6.48. The Bertz CT molecular complexity index is 566. The summed E-state index contributed by atoms with van der Waals surface area (Å²) in [6.07, 6.45) is 13.8. The van der Waals surface area contributed by atoms with E-state index in [4.69, 9.17) is 5.26 Å². The first kappa shape index (κ1) is 18.6. The summed E-state index contributed by atoms with van der Waals surface area (Å²) in [5, 5.41) is 8.76. The van der Waals surface area contributed by atoms with Crippen LogP contribution in [-0.4, -0.2) is 0 Å². The SMILES string of the molecule is N#Cc1ccc(CC[C@H]2CC[C@H](CCCC/C=C/F)CC2)cc1F. The van der Waals surface area contributed by atoms with E-state index in [9.17, 15) is 8.78 Å². The minimum atomic E-state index is -0.402. The van der Waals surface area contributed by atoms with Gasteiger partial charge in [-0.15, -0.1) is 0 Å². The molecule has 2 rings (SSSR count). The zero-order valence-corrected chi connectivity index (χ0v) is 14.3. The molecule has 0 heterocycles. The van der Waals surface area contributed by atoms with Crippen LogP contribution in [0.15, 0.2) is 30.6 Å². The molecule has 0 spiro atoms. The Balaban J connectivity index is 1.64. The molecule has 0 atom stereocenters. The van der Waals surface area contributed by atoms with E-state index in [1.54, 1.807) is 12.1 Å². The van der Waals surface area contributed by atoms with Crippen molar-refractivity contribution in [3.05, 3.63) is 47.5 Å². The first-order valence-electron chi connectivity index (χ1n) is 9.16. The van der Waals surface area contributed by atoms with Gasteiger partial charge in [0.2, 0.25) is 0 Å². The second-order valence-electron chi connectivity index (χ2n) is 7.00. The highest BCUT2D eigenvalue weighted by molar-refractivity contribution is 5.33. The van der Waals surface area contributed by atoms with E-state index in [1.807, 2.05) is 12.1 Å². The van der Waals surface area contributed by atoms with Crippen molar-refractivity contribution in [3.63, 3.8) is 0 Å². The predicted molar refractivity (Wildman–Crippen MR) is 93.6 cm³/mol. The molecule has 1 aromatic carbocycles. The molecular formula is C21H27F2N. The van der Waals surface area contributed by atoms with Gasteiger partial charge in [0.05, 0.1) is 11.9 Å². The van der Waals surface area contributed by atoms with Gasteiger partial charge in [0.25, 0.3) is 0 Å². The van der Waals surface area contributed by atoms with E-state index in [0.29, 0.717) is 6.33 Å². The van der Waals surface area contributed by atoms with Crippen LogP contribution >= 0.6 is 0 Å². The number of unbranched alkanes of at least 4 members (excludes halogenated alkanes) is 2. The van der Waals surface area contributed by atoms with E-state index in [0.717, 1.165) is 43.1 Å². The molecule has 0 N–H and O–H groups in total. The van der Waals surface area contributed by atoms with E-state index in [1.165, 1.54) is 44.6 Å². The van der Waals surface area contributed by atoms with Gasteiger partial charge >= 0.3 is 0 Å². The maximum absolute atomic E-state index is 13.6. The lowest BCUT2D eigenvalue weighted by atomic mass is 9.78. The summed E-state index contributed by atoms with van der Waals surface area (Å²) in [7, 11) is 0. The lowest BCUT2D eigenvalue weighted by molar-refractivity contribution is 0.249. The van der Waals surface area contributed by atoms with Crippen molar-refractivity contribution in [2.75, 3.05) is 0 Å². The van der Waals surface area contributed by atoms with Gasteiger partial charge in [-0.3, -0.25) is 0 Å². The van der Waals surface area contributed by atoms with E-state index < -0.39 is 5.82 Å². The van der Waals surface area contributed by atoms with Crippen LogP contribution in [-0.2, 0) is 6.42 Å². The fraction of sp³-hybridized carbons (Fsp3) is 0.571. The van der Waals surface area contributed by atoms with Gasteiger partial charge in [-0.05, 0) is 55.2 Å². The summed E-state index contributed by atoms with van der Waals surface area (Å²) in [5.41, 5.74) is 1.12. The van der Waals surface area contributed by atoms with Gasteiger partial charge in [0.1, 0.15) is 11.9 Å². The van der Waals surface area contributed by atoms with Crippen LogP contribution in [0.2, 0.25) is 0 Å². The molecule has 0 unspecified atom stereocenters. The van der Waals surface area contributed by atoms with Crippen molar-refractivity contribution >= 4 is 0 Å². The standard InChI is InChI=1S/C21H27F2N/c22-14-4-2-1-3-5-17-6-8-18(9-7-17)10-11-19-12-13-20(16-24)21(23)15-19/h4,12-15,17-18H,1-3,5-11H2/b14-4+/t17-,18-. The zero-order chi connectivity index (χ0) is 17.2. The highest BCUT2D eigenvalue weighted by Crippen LogP contribution is 2.34. The van der Waals surface area contributed by atoms with Gasteiger partial charge in [-0.1, -0.05) is 50.7 Å². The van der Waals surface area contributed by atoms with Gasteiger partial charge in [0, 0.05) is 0 Å². The molecule has 3 heteroatoms. The molecule has 0 aromatic heterocycles. The molecule has 0 amide bonds. The highest BCUT2D eigenvalue weighted by Gasteiger charge is 2.20. The molecule has 0 saturated heterocycles. The molecule has 1 fully saturated rings. The quantitative estimate of drug-likeness (QED) is 0.500. The molecule has 1 aromatic rings. The number of rotatable bonds is 8. The molecule has 1 aliphatic rings. The number of nitrogens with zero attached hydrogens (tertiary/aromatic N) is 1. The first-order valence-corrected chi connectivity index (χ1v) is 9.16. The monoisotopic (exact) mass is 331 g/mol. The second-order valence-corrected chi connectivity index (χ2v) is 7.00. The maximum atomic E-state index is 13.6. The third-order valence-corrected chi connectivity index (χ3v) is 5.28. The minimum absolute atomic E-state index is 0.126. The summed E-state index contributed by atoms with van der Waals surface area (Å²) in [6, 6.07) is 6.83. The molecule has 24 heavy (non-hydrogen) atoms.